The average Bonchev–Trinajstić information content (AvgIpc) is 2.65. The van der Waals surface area contributed by atoms with Crippen LogP contribution < -0.4 is 14.4 Å². The molecule has 0 fully saturated rings. The van der Waals surface area contributed by atoms with Gasteiger partial charge in [-0.3, -0.25) is 9.10 Å². The van der Waals surface area contributed by atoms with Gasteiger partial charge in [-0.2, -0.15) is 0 Å². The summed E-state index contributed by atoms with van der Waals surface area (Å²) in [5, 5.41) is 2.99. The fourth-order valence-corrected chi connectivity index (χ4v) is 3.88. The Morgan fingerprint density at radius 3 is 2.25 bits per heavy atom. The Bertz CT molecular complexity index is 882. The number of amides is 1. The molecule has 0 spiro atoms. The lowest BCUT2D eigenvalue weighted by molar-refractivity contribution is -0.120. The van der Waals surface area contributed by atoms with E-state index in [-0.39, 0.29) is 18.5 Å². The number of hydrogen-bond donors (Lipinski definition) is 1. The van der Waals surface area contributed by atoms with E-state index in [1.807, 2.05) is 30.3 Å². The van der Waals surface area contributed by atoms with Crippen molar-refractivity contribution in [1.29, 1.82) is 0 Å². The van der Waals surface area contributed by atoms with Crippen LogP contribution in [0.2, 0.25) is 0 Å². The first kappa shape index (κ1) is 21.8. The lowest BCUT2D eigenvalue weighted by atomic mass is 9.97. The second-order valence-corrected chi connectivity index (χ2v) is 9.01. The fourth-order valence-electron chi connectivity index (χ4n) is 3.02. The largest absolute Gasteiger partial charge is 0.495 e. The molecule has 2 rings (SSSR count). The van der Waals surface area contributed by atoms with E-state index in [1.165, 1.54) is 7.11 Å². The molecule has 1 unspecified atom stereocenters. The highest BCUT2D eigenvalue weighted by molar-refractivity contribution is 7.92. The molecule has 0 bridgehead atoms. The topological polar surface area (TPSA) is 75.7 Å². The molecule has 28 heavy (non-hydrogen) atoms. The zero-order valence-corrected chi connectivity index (χ0v) is 17.6. The van der Waals surface area contributed by atoms with Crippen LogP contribution in [0.25, 0.3) is 0 Å². The number of nitrogens with zero attached hydrogens (tertiary/aromatic N) is 1. The fraction of sp³-hybridized carbons (Fsp3) is 0.381. The molecule has 0 aromatic heterocycles. The highest BCUT2D eigenvalue weighted by atomic mass is 32.2. The van der Waals surface area contributed by atoms with Gasteiger partial charge in [-0.1, -0.05) is 56.3 Å². The van der Waals surface area contributed by atoms with Crippen LogP contribution in [0.4, 0.5) is 5.69 Å². The van der Waals surface area contributed by atoms with E-state index in [4.69, 9.17) is 4.74 Å². The van der Waals surface area contributed by atoms with E-state index in [9.17, 15) is 13.2 Å². The third-order valence-corrected chi connectivity index (χ3v) is 5.41. The van der Waals surface area contributed by atoms with Crippen LogP contribution in [0.1, 0.15) is 31.9 Å². The monoisotopic (exact) mass is 404 g/mol. The van der Waals surface area contributed by atoms with E-state index < -0.39 is 10.0 Å². The number of rotatable bonds is 9. The van der Waals surface area contributed by atoms with Crippen molar-refractivity contribution in [2.75, 3.05) is 24.2 Å². The Hall–Kier alpha value is -2.54. The van der Waals surface area contributed by atoms with Crippen molar-refractivity contribution < 1.29 is 17.9 Å². The van der Waals surface area contributed by atoms with Crippen molar-refractivity contribution in [1.82, 2.24) is 5.32 Å². The number of methoxy groups -OCH3 is 1. The Labute approximate surface area is 167 Å². The molecule has 0 aliphatic carbocycles. The van der Waals surface area contributed by atoms with Gasteiger partial charge in [0.2, 0.25) is 15.9 Å². The SMILES string of the molecule is COc1ccccc1N(CC(=O)NC(CC(C)C)c1ccccc1)S(C)(=O)=O. The normalized spacial score (nSPS) is 12.5. The molecule has 1 atom stereocenters. The molecule has 1 amide bonds. The lowest BCUT2D eigenvalue weighted by Crippen LogP contribution is -2.42. The molecule has 0 aliphatic rings. The first-order chi connectivity index (χ1) is 13.2. The van der Waals surface area contributed by atoms with Gasteiger partial charge in [0.05, 0.1) is 25.1 Å². The van der Waals surface area contributed by atoms with Gasteiger partial charge < -0.3 is 10.1 Å². The van der Waals surface area contributed by atoms with E-state index >= 15 is 0 Å². The van der Waals surface area contributed by atoms with E-state index in [2.05, 4.69) is 19.2 Å². The molecule has 0 aliphatic heterocycles. The maximum atomic E-state index is 12.8. The van der Waals surface area contributed by atoms with Crippen molar-refractivity contribution in [2.45, 2.75) is 26.3 Å². The number of carbonyl (C=O) groups excluding carboxylic acids is 1. The minimum atomic E-state index is -3.68. The predicted octanol–water partition coefficient (Wildman–Crippen LogP) is 3.36. The lowest BCUT2D eigenvalue weighted by Gasteiger charge is -2.26. The Kier molecular flexibility index (Phi) is 7.45. The summed E-state index contributed by atoms with van der Waals surface area (Å²) in [7, 11) is -2.21. The average molecular weight is 405 g/mol. The number of hydrogen-bond acceptors (Lipinski definition) is 4. The third kappa shape index (κ3) is 5.99. The minimum absolute atomic E-state index is 0.187. The number of para-hydroxylation sites is 2. The quantitative estimate of drug-likeness (QED) is 0.695. The van der Waals surface area contributed by atoms with Crippen LogP contribution in [-0.2, 0) is 14.8 Å². The van der Waals surface area contributed by atoms with Crippen LogP contribution in [0.5, 0.6) is 5.75 Å². The van der Waals surface area contributed by atoms with Crippen LogP contribution in [0.15, 0.2) is 54.6 Å². The van der Waals surface area contributed by atoms with Gasteiger partial charge in [0.25, 0.3) is 0 Å². The zero-order valence-electron chi connectivity index (χ0n) is 16.8. The molecule has 2 aromatic carbocycles. The number of anilines is 1. The highest BCUT2D eigenvalue weighted by Gasteiger charge is 2.25. The molecule has 152 valence electrons. The molecule has 2 aromatic rings. The van der Waals surface area contributed by atoms with Gasteiger partial charge in [-0.25, -0.2) is 8.42 Å². The summed E-state index contributed by atoms with van der Waals surface area (Å²) in [6.07, 6.45) is 1.83. The Morgan fingerprint density at radius 1 is 1.07 bits per heavy atom. The molecule has 1 N–H and O–H groups in total. The van der Waals surface area contributed by atoms with Gasteiger partial charge in [-0.15, -0.1) is 0 Å². The second-order valence-electron chi connectivity index (χ2n) is 7.10. The second kappa shape index (κ2) is 9.59. The maximum absolute atomic E-state index is 12.8. The smallest absolute Gasteiger partial charge is 0.241 e. The summed E-state index contributed by atoms with van der Waals surface area (Å²) in [4.78, 5) is 12.8. The van der Waals surface area contributed by atoms with E-state index in [0.717, 1.165) is 22.5 Å². The van der Waals surface area contributed by atoms with Crippen LogP contribution in [0, 0.1) is 5.92 Å². The summed E-state index contributed by atoms with van der Waals surface area (Å²) in [5.41, 5.74) is 1.33. The summed E-state index contributed by atoms with van der Waals surface area (Å²) >= 11 is 0. The predicted molar refractivity (Wildman–Crippen MR) is 112 cm³/mol. The molecule has 0 saturated carbocycles. The summed E-state index contributed by atoms with van der Waals surface area (Å²) in [6, 6.07) is 16.2. The molecule has 0 saturated heterocycles. The molecular formula is C21H28N2O4S. The number of carbonyl (C=O) groups is 1. The Balaban J connectivity index is 2.25. The summed E-state index contributed by atoms with van der Waals surface area (Å²) in [5.74, 6) is 0.388. The third-order valence-electron chi connectivity index (χ3n) is 4.29. The van der Waals surface area contributed by atoms with E-state index in [1.54, 1.807) is 24.3 Å². The van der Waals surface area contributed by atoms with Crippen LogP contribution in [-0.4, -0.2) is 34.2 Å². The van der Waals surface area contributed by atoms with E-state index in [0.29, 0.717) is 17.4 Å². The Morgan fingerprint density at radius 2 is 1.68 bits per heavy atom. The number of benzene rings is 2. The summed E-state index contributed by atoms with van der Waals surface area (Å²) in [6.45, 7) is 3.85. The van der Waals surface area contributed by atoms with Crippen molar-refractivity contribution >= 4 is 21.6 Å². The van der Waals surface area contributed by atoms with Crippen molar-refractivity contribution in [2.24, 2.45) is 5.92 Å². The molecule has 7 heteroatoms. The van der Waals surface area contributed by atoms with Gasteiger partial charge in [-0.05, 0) is 30.0 Å². The maximum Gasteiger partial charge on any atom is 0.241 e. The molecule has 0 radical (unpaired) electrons. The number of ether oxygens (including phenoxy) is 1. The number of nitrogens with one attached hydrogen (secondary N) is 1. The molecule has 0 heterocycles. The first-order valence-electron chi connectivity index (χ1n) is 9.17. The van der Waals surface area contributed by atoms with Crippen molar-refractivity contribution in [3.63, 3.8) is 0 Å². The van der Waals surface area contributed by atoms with Gasteiger partial charge >= 0.3 is 0 Å². The van der Waals surface area contributed by atoms with Crippen LogP contribution in [0.3, 0.4) is 0 Å². The first-order valence-corrected chi connectivity index (χ1v) is 11.0. The van der Waals surface area contributed by atoms with Gasteiger partial charge in [0, 0.05) is 0 Å². The number of sulfonamides is 1. The van der Waals surface area contributed by atoms with Crippen molar-refractivity contribution in [3.05, 3.63) is 60.2 Å². The van der Waals surface area contributed by atoms with Gasteiger partial charge in [0.1, 0.15) is 12.3 Å². The van der Waals surface area contributed by atoms with Crippen molar-refractivity contribution in [3.8, 4) is 5.75 Å². The van der Waals surface area contributed by atoms with Gasteiger partial charge in [0.15, 0.2) is 0 Å². The standard InChI is InChI=1S/C21H28N2O4S/c1-16(2)14-18(17-10-6-5-7-11-17)22-21(24)15-23(28(4,25)26)19-12-8-9-13-20(19)27-3/h5-13,16,18H,14-15H2,1-4H3,(H,22,24). The molecule has 6 nitrogen and oxygen atoms in total. The van der Waals surface area contributed by atoms with Crippen LogP contribution >= 0.6 is 0 Å². The highest BCUT2D eigenvalue weighted by Crippen LogP contribution is 2.29. The molecular weight excluding hydrogens is 376 g/mol. The zero-order chi connectivity index (χ0) is 20.7. The summed E-state index contributed by atoms with van der Waals surface area (Å²) < 4.78 is 31.1. The minimum Gasteiger partial charge on any atom is -0.495 e.